The Labute approximate surface area is 113 Å². The highest BCUT2D eigenvalue weighted by Crippen LogP contribution is 2.39. The first-order chi connectivity index (χ1) is 8.52. The lowest BCUT2D eigenvalue weighted by Crippen LogP contribution is -1.98. The summed E-state index contributed by atoms with van der Waals surface area (Å²) < 4.78 is 0. The van der Waals surface area contributed by atoms with Crippen LogP contribution in [0, 0.1) is 17.0 Å². The first-order valence-electron chi connectivity index (χ1n) is 5.06. The minimum Gasteiger partial charge on any atom is -0.258 e. The summed E-state index contributed by atoms with van der Waals surface area (Å²) in [5.41, 5.74) is 1.01. The van der Waals surface area contributed by atoms with Gasteiger partial charge in [-0.1, -0.05) is 29.3 Å². The summed E-state index contributed by atoms with van der Waals surface area (Å²) in [6, 6.07) is 6.50. The van der Waals surface area contributed by atoms with Crippen molar-refractivity contribution in [2.24, 2.45) is 0 Å². The summed E-state index contributed by atoms with van der Waals surface area (Å²) >= 11 is 12.1. The fourth-order valence-corrected chi connectivity index (χ4v) is 2.26. The molecule has 0 fully saturated rings. The van der Waals surface area contributed by atoms with Crippen LogP contribution < -0.4 is 0 Å². The second kappa shape index (κ2) is 4.92. The van der Waals surface area contributed by atoms with Crippen LogP contribution in [0.1, 0.15) is 5.56 Å². The van der Waals surface area contributed by atoms with E-state index < -0.39 is 4.92 Å². The van der Waals surface area contributed by atoms with Crippen molar-refractivity contribution >= 4 is 28.9 Å². The third-order valence-corrected chi connectivity index (χ3v) is 3.14. The Hall–Kier alpha value is -1.65. The molecule has 0 unspecified atom stereocenters. The molecule has 0 atom stereocenters. The third kappa shape index (κ3) is 2.17. The number of aryl methyl sites for hydroxylation is 1. The molecule has 1 aromatic carbocycles. The normalized spacial score (nSPS) is 10.4. The first kappa shape index (κ1) is 12.8. The summed E-state index contributed by atoms with van der Waals surface area (Å²) in [5.74, 6) is 0. The Kier molecular flexibility index (Phi) is 3.50. The maximum Gasteiger partial charge on any atom is 0.298 e. The number of nitrogens with zero attached hydrogens (tertiary/aromatic N) is 2. The molecule has 0 aliphatic carbocycles. The Bertz CT molecular complexity index is 609. The molecule has 0 radical (unpaired) electrons. The zero-order chi connectivity index (χ0) is 13.3. The predicted octanol–water partition coefficient (Wildman–Crippen LogP) is 4.27. The van der Waals surface area contributed by atoms with Gasteiger partial charge in [0.2, 0.25) is 0 Å². The molecule has 92 valence electrons. The van der Waals surface area contributed by atoms with Crippen molar-refractivity contribution in [3.05, 3.63) is 56.2 Å². The van der Waals surface area contributed by atoms with Gasteiger partial charge in [0, 0.05) is 17.3 Å². The number of rotatable bonds is 2. The van der Waals surface area contributed by atoms with Crippen LogP contribution in [0.5, 0.6) is 0 Å². The van der Waals surface area contributed by atoms with Gasteiger partial charge in [0.15, 0.2) is 5.69 Å². The Morgan fingerprint density at radius 1 is 1.22 bits per heavy atom. The van der Waals surface area contributed by atoms with Crippen molar-refractivity contribution in [1.29, 1.82) is 0 Å². The number of benzene rings is 1. The molecule has 1 aromatic heterocycles. The smallest absolute Gasteiger partial charge is 0.258 e. The zero-order valence-corrected chi connectivity index (χ0v) is 10.9. The fourth-order valence-electron chi connectivity index (χ4n) is 1.69. The molecule has 0 aliphatic rings. The van der Waals surface area contributed by atoms with Gasteiger partial charge in [-0.05, 0) is 25.1 Å². The highest BCUT2D eigenvalue weighted by Gasteiger charge is 2.23. The van der Waals surface area contributed by atoms with Crippen LogP contribution in [0.2, 0.25) is 10.0 Å². The summed E-state index contributed by atoms with van der Waals surface area (Å²) in [7, 11) is 0. The third-order valence-electron chi connectivity index (χ3n) is 2.51. The van der Waals surface area contributed by atoms with Crippen molar-refractivity contribution in [1.82, 2.24) is 4.98 Å². The van der Waals surface area contributed by atoms with Crippen molar-refractivity contribution in [3.8, 4) is 11.3 Å². The molecule has 0 amide bonds. The number of aromatic nitrogens is 1. The summed E-state index contributed by atoms with van der Waals surface area (Å²) in [5, 5.41) is 11.8. The number of nitro groups is 1. The Morgan fingerprint density at radius 2 is 1.83 bits per heavy atom. The van der Waals surface area contributed by atoms with Gasteiger partial charge in [-0.3, -0.25) is 10.1 Å². The summed E-state index contributed by atoms with van der Waals surface area (Å²) in [4.78, 5) is 14.7. The average molecular weight is 283 g/mol. The summed E-state index contributed by atoms with van der Waals surface area (Å²) in [6.07, 6.45) is 1.50. The van der Waals surface area contributed by atoms with Gasteiger partial charge in [0.05, 0.1) is 15.0 Å². The van der Waals surface area contributed by atoms with Crippen molar-refractivity contribution < 1.29 is 4.92 Å². The topological polar surface area (TPSA) is 56.0 Å². The van der Waals surface area contributed by atoms with Crippen LogP contribution in [0.4, 0.5) is 5.69 Å². The molecule has 0 saturated carbocycles. The predicted molar refractivity (Wildman–Crippen MR) is 71.1 cm³/mol. The maximum atomic E-state index is 11.1. The van der Waals surface area contributed by atoms with Gasteiger partial charge in [-0.15, -0.1) is 0 Å². The van der Waals surface area contributed by atoms with Crippen LogP contribution >= 0.6 is 23.2 Å². The molecule has 0 spiro atoms. The van der Waals surface area contributed by atoms with Gasteiger partial charge < -0.3 is 0 Å². The molecule has 4 nitrogen and oxygen atoms in total. The number of halogens is 2. The minimum atomic E-state index is -0.475. The van der Waals surface area contributed by atoms with Crippen LogP contribution in [-0.2, 0) is 0 Å². The maximum absolute atomic E-state index is 11.1. The molecule has 0 N–H and O–H groups in total. The molecule has 2 rings (SSSR count). The Morgan fingerprint density at radius 3 is 2.39 bits per heavy atom. The van der Waals surface area contributed by atoms with E-state index in [4.69, 9.17) is 23.2 Å². The highest BCUT2D eigenvalue weighted by atomic mass is 35.5. The fraction of sp³-hybridized carbons (Fsp3) is 0.0833. The zero-order valence-electron chi connectivity index (χ0n) is 9.35. The lowest BCUT2D eigenvalue weighted by Gasteiger charge is -2.08. The van der Waals surface area contributed by atoms with Crippen LogP contribution in [-0.4, -0.2) is 9.91 Å². The molecule has 1 heterocycles. The molecule has 0 bridgehead atoms. The van der Waals surface area contributed by atoms with Crippen LogP contribution in [0.25, 0.3) is 11.3 Å². The number of pyridine rings is 1. The minimum absolute atomic E-state index is 0.0764. The highest BCUT2D eigenvalue weighted by molar-refractivity contribution is 6.39. The van der Waals surface area contributed by atoms with E-state index in [0.717, 1.165) is 0 Å². The second-order valence-corrected chi connectivity index (χ2v) is 4.49. The largest absolute Gasteiger partial charge is 0.298 e. The lowest BCUT2D eigenvalue weighted by molar-refractivity contribution is -0.384. The van der Waals surface area contributed by atoms with Gasteiger partial charge >= 0.3 is 0 Å². The van der Waals surface area contributed by atoms with Gasteiger partial charge in [0.1, 0.15) is 0 Å². The molecule has 18 heavy (non-hydrogen) atoms. The first-order valence-corrected chi connectivity index (χ1v) is 5.82. The van der Waals surface area contributed by atoms with E-state index in [1.807, 2.05) is 0 Å². The SMILES string of the molecule is Cc1ccnc(-c2c(Cl)cccc2Cl)c1[N+](=O)[O-]. The molecule has 2 aromatic rings. The molecule has 0 saturated heterocycles. The van der Waals surface area contributed by atoms with Crippen molar-refractivity contribution in [2.75, 3.05) is 0 Å². The van der Waals surface area contributed by atoms with E-state index in [1.165, 1.54) is 6.20 Å². The summed E-state index contributed by atoms with van der Waals surface area (Å²) in [6.45, 7) is 1.65. The lowest BCUT2D eigenvalue weighted by atomic mass is 10.1. The monoisotopic (exact) mass is 282 g/mol. The Balaban J connectivity index is 2.80. The quantitative estimate of drug-likeness (QED) is 0.610. The standard InChI is InChI=1S/C12H8Cl2N2O2/c1-7-5-6-15-11(12(7)16(17)18)10-8(13)3-2-4-9(10)14/h2-6H,1H3. The van der Waals surface area contributed by atoms with E-state index in [2.05, 4.69) is 4.98 Å². The van der Waals surface area contributed by atoms with E-state index in [0.29, 0.717) is 21.2 Å². The van der Waals surface area contributed by atoms with Crippen molar-refractivity contribution in [2.45, 2.75) is 6.92 Å². The van der Waals surface area contributed by atoms with Crippen molar-refractivity contribution in [3.63, 3.8) is 0 Å². The van der Waals surface area contributed by atoms with E-state index >= 15 is 0 Å². The second-order valence-electron chi connectivity index (χ2n) is 3.68. The molecular weight excluding hydrogens is 275 g/mol. The van der Waals surface area contributed by atoms with Crippen LogP contribution in [0.15, 0.2) is 30.5 Å². The van der Waals surface area contributed by atoms with Gasteiger partial charge in [-0.2, -0.15) is 0 Å². The number of hydrogen-bond donors (Lipinski definition) is 0. The number of hydrogen-bond acceptors (Lipinski definition) is 3. The van der Waals surface area contributed by atoms with E-state index in [9.17, 15) is 10.1 Å². The van der Waals surface area contributed by atoms with Gasteiger partial charge in [-0.25, -0.2) is 4.98 Å². The molecule has 0 aliphatic heterocycles. The van der Waals surface area contributed by atoms with E-state index in [1.54, 1.807) is 31.2 Å². The average Bonchev–Trinajstić information content (AvgIpc) is 2.28. The van der Waals surface area contributed by atoms with E-state index in [-0.39, 0.29) is 11.4 Å². The molecule has 6 heteroatoms. The van der Waals surface area contributed by atoms with Gasteiger partial charge in [0.25, 0.3) is 5.69 Å². The molecular formula is C12H8Cl2N2O2. The van der Waals surface area contributed by atoms with Crippen LogP contribution in [0.3, 0.4) is 0 Å².